The van der Waals surface area contributed by atoms with E-state index in [9.17, 15) is 9.59 Å². The van der Waals surface area contributed by atoms with Gasteiger partial charge in [0.1, 0.15) is 0 Å². The van der Waals surface area contributed by atoms with E-state index in [0.717, 1.165) is 0 Å². The summed E-state index contributed by atoms with van der Waals surface area (Å²) in [5.41, 5.74) is 0. The number of Topliss-reactive ketones (excluding diaryl/α,β-unsaturated/α-hetero) is 1. The molecule has 1 aliphatic heterocycles. The van der Waals surface area contributed by atoms with Crippen molar-refractivity contribution < 1.29 is 14.3 Å². The van der Waals surface area contributed by atoms with Gasteiger partial charge in [0.05, 0.1) is 6.10 Å². The second-order valence-electron chi connectivity index (χ2n) is 2.18. The zero-order valence-electron chi connectivity index (χ0n) is 5.22. The molecule has 0 aromatic rings. The van der Waals surface area contributed by atoms with Gasteiger partial charge in [-0.1, -0.05) is 0 Å². The molecule has 1 fully saturated rings. The van der Waals surface area contributed by atoms with Crippen LogP contribution < -0.4 is 0 Å². The Morgan fingerprint density at radius 2 is 2.22 bits per heavy atom. The zero-order chi connectivity index (χ0) is 6.85. The van der Waals surface area contributed by atoms with Crippen molar-refractivity contribution in [2.75, 3.05) is 0 Å². The van der Waals surface area contributed by atoms with Gasteiger partial charge in [0.25, 0.3) is 0 Å². The summed E-state index contributed by atoms with van der Waals surface area (Å²) in [5.74, 6) is -1.07. The Morgan fingerprint density at radius 1 is 1.56 bits per heavy atom. The maximum Gasteiger partial charge on any atom is 0.374 e. The molecule has 0 spiro atoms. The molecule has 0 saturated carbocycles. The van der Waals surface area contributed by atoms with Gasteiger partial charge in [-0.3, -0.25) is 4.79 Å². The van der Waals surface area contributed by atoms with Crippen molar-refractivity contribution in [3.8, 4) is 0 Å². The summed E-state index contributed by atoms with van der Waals surface area (Å²) in [4.78, 5) is 20.9. The van der Waals surface area contributed by atoms with E-state index in [1.165, 1.54) is 0 Å². The number of rotatable bonds is 0. The Balaban J connectivity index is 2.54. The molecule has 1 unspecified atom stereocenters. The van der Waals surface area contributed by atoms with Crippen molar-refractivity contribution in [2.45, 2.75) is 25.9 Å². The van der Waals surface area contributed by atoms with Crippen molar-refractivity contribution >= 4 is 11.8 Å². The third kappa shape index (κ3) is 1.28. The lowest BCUT2D eigenvalue weighted by Gasteiger charge is -2.16. The van der Waals surface area contributed by atoms with Gasteiger partial charge in [0.2, 0.25) is 5.78 Å². The molecular formula is C6H8O3. The van der Waals surface area contributed by atoms with Crippen LogP contribution in [0.15, 0.2) is 0 Å². The van der Waals surface area contributed by atoms with Gasteiger partial charge < -0.3 is 4.74 Å². The Bertz CT molecular complexity index is 150. The van der Waals surface area contributed by atoms with Crippen LogP contribution in [-0.4, -0.2) is 17.9 Å². The van der Waals surface area contributed by atoms with Gasteiger partial charge in [-0.05, 0) is 13.3 Å². The number of ether oxygens (including phenoxy) is 1. The molecule has 1 atom stereocenters. The minimum atomic E-state index is -0.672. The molecule has 0 bridgehead atoms. The van der Waals surface area contributed by atoms with Gasteiger partial charge in [-0.15, -0.1) is 0 Å². The fourth-order valence-corrected chi connectivity index (χ4v) is 0.744. The average Bonchev–Trinajstić information content (AvgIpc) is 1.80. The van der Waals surface area contributed by atoms with Crippen LogP contribution in [0.3, 0.4) is 0 Å². The predicted molar refractivity (Wildman–Crippen MR) is 29.8 cm³/mol. The number of cyclic esters (lactones) is 1. The molecule has 0 aromatic heterocycles. The summed E-state index contributed by atoms with van der Waals surface area (Å²) in [5, 5.41) is 0. The highest BCUT2D eigenvalue weighted by atomic mass is 16.5. The van der Waals surface area contributed by atoms with Crippen molar-refractivity contribution in [1.82, 2.24) is 0 Å². The Kier molecular flexibility index (Phi) is 1.51. The lowest BCUT2D eigenvalue weighted by Crippen LogP contribution is -2.28. The summed E-state index contributed by atoms with van der Waals surface area (Å²) >= 11 is 0. The molecule has 9 heavy (non-hydrogen) atoms. The van der Waals surface area contributed by atoms with Crippen LogP contribution in [0.4, 0.5) is 0 Å². The SMILES string of the molecule is CC1CCC(=O)C(=O)O1. The minimum absolute atomic E-state index is 0.0739. The highest BCUT2D eigenvalue weighted by Gasteiger charge is 2.24. The molecule has 1 rings (SSSR count). The van der Waals surface area contributed by atoms with Crippen LogP contribution in [-0.2, 0) is 14.3 Å². The van der Waals surface area contributed by atoms with Crippen LogP contribution in [0.25, 0.3) is 0 Å². The van der Waals surface area contributed by atoms with Crippen molar-refractivity contribution in [3.05, 3.63) is 0 Å². The average molecular weight is 128 g/mol. The molecule has 0 aliphatic carbocycles. The van der Waals surface area contributed by atoms with Crippen molar-refractivity contribution in [1.29, 1.82) is 0 Å². The van der Waals surface area contributed by atoms with E-state index >= 15 is 0 Å². The molecule has 1 heterocycles. The lowest BCUT2D eigenvalue weighted by molar-refractivity contribution is -0.161. The van der Waals surface area contributed by atoms with E-state index in [-0.39, 0.29) is 6.10 Å². The molecule has 3 heteroatoms. The van der Waals surface area contributed by atoms with Crippen LogP contribution in [0.5, 0.6) is 0 Å². The maximum absolute atomic E-state index is 10.5. The van der Waals surface area contributed by atoms with Gasteiger partial charge in [-0.25, -0.2) is 4.79 Å². The first-order valence-electron chi connectivity index (χ1n) is 2.94. The molecule has 0 radical (unpaired) electrons. The second-order valence-corrected chi connectivity index (χ2v) is 2.18. The molecule has 1 saturated heterocycles. The first-order valence-corrected chi connectivity index (χ1v) is 2.94. The van der Waals surface area contributed by atoms with Gasteiger partial charge in [-0.2, -0.15) is 0 Å². The van der Waals surface area contributed by atoms with Gasteiger partial charge in [0.15, 0.2) is 0 Å². The first-order chi connectivity index (χ1) is 4.20. The van der Waals surface area contributed by atoms with E-state index in [1.807, 2.05) is 0 Å². The van der Waals surface area contributed by atoms with E-state index in [0.29, 0.717) is 12.8 Å². The van der Waals surface area contributed by atoms with Crippen LogP contribution in [0.2, 0.25) is 0 Å². The normalized spacial score (nSPS) is 27.9. The molecule has 3 nitrogen and oxygen atoms in total. The zero-order valence-corrected chi connectivity index (χ0v) is 5.22. The van der Waals surface area contributed by atoms with Crippen LogP contribution in [0, 0.1) is 0 Å². The molecule has 0 aromatic carbocycles. The smallest absolute Gasteiger partial charge is 0.374 e. The number of carbonyl (C=O) groups is 2. The molecule has 50 valence electrons. The third-order valence-electron chi connectivity index (χ3n) is 1.31. The summed E-state index contributed by atoms with van der Waals surface area (Å²) in [6, 6.07) is 0. The summed E-state index contributed by atoms with van der Waals surface area (Å²) in [6.45, 7) is 1.78. The lowest BCUT2D eigenvalue weighted by atomic mass is 10.1. The summed E-state index contributed by atoms with van der Waals surface area (Å²) in [7, 11) is 0. The molecule has 0 amide bonds. The predicted octanol–water partition coefficient (Wildman–Crippen LogP) is 0.281. The largest absolute Gasteiger partial charge is 0.457 e. The van der Waals surface area contributed by atoms with Crippen LogP contribution in [0.1, 0.15) is 19.8 Å². The fourth-order valence-electron chi connectivity index (χ4n) is 0.744. The van der Waals surface area contributed by atoms with Crippen LogP contribution >= 0.6 is 0 Å². The molecule has 1 aliphatic rings. The number of carbonyl (C=O) groups excluding carboxylic acids is 2. The Morgan fingerprint density at radius 3 is 2.67 bits per heavy atom. The standard InChI is InChI=1S/C6H8O3/c1-4-2-3-5(7)6(8)9-4/h4H,2-3H2,1H3. The van der Waals surface area contributed by atoms with E-state index < -0.39 is 11.8 Å². The van der Waals surface area contributed by atoms with E-state index in [1.54, 1.807) is 6.92 Å². The monoisotopic (exact) mass is 128 g/mol. The van der Waals surface area contributed by atoms with E-state index in [4.69, 9.17) is 0 Å². The first kappa shape index (κ1) is 6.26. The number of esters is 1. The number of ketones is 1. The number of hydrogen-bond acceptors (Lipinski definition) is 3. The van der Waals surface area contributed by atoms with Gasteiger partial charge in [0, 0.05) is 6.42 Å². The third-order valence-corrected chi connectivity index (χ3v) is 1.31. The van der Waals surface area contributed by atoms with E-state index in [2.05, 4.69) is 4.74 Å². The van der Waals surface area contributed by atoms with Crippen molar-refractivity contribution in [2.24, 2.45) is 0 Å². The maximum atomic E-state index is 10.5. The highest BCUT2D eigenvalue weighted by molar-refractivity contribution is 6.34. The second kappa shape index (κ2) is 2.17. The van der Waals surface area contributed by atoms with Gasteiger partial charge >= 0.3 is 5.97 Å². The molecular weight excluding hydrogens is 120 g/mol. The molecule has 0 N–H and O–H groups in total. The minimum Gasteiger partial charge on any atom is -0.457 e. The fraction of sp³-hybridized carbons (Fsp3) is 0.667. The quantitative estimate of drug-likeness (QED) is 0.347. The summed E-state index contributed by atoms with van der Waals surface area (Å²) in [6.07, 6.45) is 0.945. The topological polar surface area (TPSA) is 43.4 Å². The summed E-state index contributed by atoms with van der Waals surface area (Å²) < 4.78 is 4.61. The number of hydrogen-bond donors (Lipinski definition) is 0. The Hall–Kier alpha value is -0.860. The highest BCUT2D eigenvalue weighted by Crippen LogP contribution is 2.09. The Labute approximate surface area is 53.0 Å². The van der Waals surface area contributed by atoms with Crippen molar-refractivity contribution in [3.63, 3.8) is 0 Å².